The third-order valence-corrected chi connectivity index (χ3v) is 3.62. The number of anilines is 1. The van der Waals surface area contributed by atoms with Gasteiger partial charge in [0.15, 0.2) is 0 Å². The summed E-state index contributed by atoms with van der Waals surface area (Å²) in [5.41, 5.74) is 3.66. The van der Waals surface area contributed by atoms with Crippen molar-refractivity contribution in [3.63, 3.8) is 0 Å². The molecule has 1 atom stereocenters. The fourth-order valence-corrected chi connectivity index (χ4v) is 2.68. The zero-order valence-electron chi connectivity index (χ0n) is 10.4. The maximum atomic E-state index is 9.84. The monoisotopic (exact) mass is 250 g/mol. The highest BCUT2D eigenvalue weighted by molar-refractivity contribution is 5.59. The fourth-order valence-electron chi connectivity index (χ4n) is 2.68. The molecule has 3 heteroatoms. The minimum absolute atomic E-state index is 0.164. The molecule has 94 valence electrons. The van der Waals surface area contributed by atoms with Crippen molar-refractivity contribution >= 4 is 5.69 Å². The molecule has 0 saturated heterocycles. The van der Waals surface area contributed by atoms with Crippen molar-refractivity contribution in [1.29, 1.82) is 5.26 Å². The van der Waals surface area contributed by atoms with Crippen LogP contribution < -0.4 is 5.32 Å². The van der Waals surface area contributed by atoms with Gasteiger partial charge in [0.25, 0.3) is 0 Å². The summed E-state index contributed by atoms with van der Waals surface area (Å²) >= 11 is 0. The van der Waals surface area contributed by atoms with Crippen LogP contribution in [-0.4, -0.2) is 5.11 Å². The number of hydrogen-bond donors (Lipinski definition) is 2. The first-order valence-electron chi connectivity index (χ1n) is 6.36. The molecule has 0 bridgehead atoms. The van der Waals surface area contributed by atoms with E-state index in [1.54, 1.807) is 12.1 Å². The van der Waals surface area contributed by atoms with Gasteiger partial charge in [-0.3, -0.25) is 0 Å². The van der Waals surface area contributed by atoms with Gasteiger partial charge in [0.1, 0.15) is 11.8 Å². The van der Waals surface area contributed by atoms with Gasteiger partial charge in [-0.15, -0.1) is 0 Å². The van der Waals surface area contributed by atoms with Gasteiger partial charge in [-0.2, -0.15) is 5.26 Å². The summed E-state index contributed by atoms with van der Waals surface area (Å²) in [4.78, 5) is 0. The number of phenols is 1. The smallest absolute Gasteiger partial charge is 0.119 e. The number of phenolic OH excluding ortho intramolecular Hbond substituents is 1. The third kappa shape index (κ3) is 2.02. The number of aromatic hydroxyl groups is 1. The molecule has 19 heavy (non-hydrogen) atoms. The number of nitriles is 1. The van der Waals surface area contributed by atoms with Crippen molar-refractivity contribution < 1.29 is 5.11 Å². The van der Waals surface area contributed by atoms with Crippen molar-refractivity contribution in [3.8, 4) is 11.8 Å². The maximum Gasteiger partial charge on any atom is 0.119 e. The number of para-hydroxylation sites is 1. The number of nitrogens with one attached hydrogen (secondary N) is 1. The molecule has 0 fully saturated rings. The standard InChI is InChI=1S/C16H14N2O/c17-10-11-4-1-2-6-14(11)18-15-9-8-13-12(15)5-3-7-16(13)19/h1-7,15,18-19H,8-9H2. The SMILES string of the molecule is N#Cc1ccccc1NC1CCc2c(O)cccc21. The Morgan fingerprint density at radius 3 is 2.84 bits per heavy atom. The largest absolute Gasteiger partial charge is 0.508 e. The maximum absolute atomic E-state index is 9.84. The highest BCUT2D eigenvalue weighted by Crippen LogP contribution is 2.38. The number of fused-ring (bicyclic) bond motifs is 1. The average Bonchev–Trinajstić information content (AvgIpc) is 2.84. The predicted octanol–water partition coefficient (Wildman–Crippen LogP) is 3.36. The average molecular weight is 250 g/mol. The van der Waals surface area contributed by atoms with Gasteiger partial charge in [-0.25, -0.2) is 0 Å². The zero-order valence-corrected chi connectivity index (χ0v) is 10.4. The molecular weight excluding hydrogens is 236 g/mol. The third-order valence-electron chi connectivity index (χ3n) is 3.62. The summed E-state index contributed by atoms with van der Waals surface area (Å²) in [5.74, 6) is 0.371. The van der Waals surface area contributed by atoms with Gasteiger partial charge >= 0.3 is 0 Å². The summed E-state index contributed by atoms with van der Waals surface area (Å²) in [5, 5.41) is 22.3. The normalized spacial score (nSPS) is 16.7. The van der Waals surface area contributed by atoms with Crippen LogP contribution >= 0.6 is 0 Å². The lowest BCUT2D eigenvalue weighted by atomic mass is 10.1. The van der Waals surface area contributed by atoms with Crippen molar-refractivity contribution in [2.45, 2.75) is 18.9 Å². The first-order valence-corrected chi connectivity index (χ1v) is 6.36. The molecule has 1 aliphatic carbocycles. The molecule has 2 aromatic carbocycles. The molecule has 0 radical (unpaired) electrons. The summed E-state index contributed by atoms with van der Waals surface area (Å²) in [6, 6.07) is 15.5. The van der Waals surface area contributed by atoms with Crippen LogP contribution in [0.5, 0.6) is 5.75 Å². The highest BCUT2D eigenvalue weighted by atomic mass is 16.3. The predicted molar refractivity (Wildman–Crippen MR) is 73.9 cm³/mol. The fraction of sp³-hybridized carbons (Fsp3) is 0.188. The Labute approximate surface area is 112 Å². The molecule has 3 rings (SSSR count). The zero-order chi connectivity index (χ0) is 13.2. The van der Waals surface area contributed by atoms with E-state index in [0.29, 0.717) is 11.3 Å². The van der Waals surface area contributed by atoms with Crippen LogP contribution in [0.4, 0.5) is 5.69 Å². The van der Waals surface area contributed by atoms with Gasteiger partial charge in [-0.1, -0.05) is 24.3 Å². The number of rotatable bonds is 2. The van der Waals surface area contributed by atoms with Crippen LogP contribution in [0, 0.1) is 11.3 Å². The van der Waals surface area contributed by atoms with Crippen molar-refractivity contribution in [1.82, 2.24) is 0 Å². The number of benzene rings is 2. The van der Waals surface area contributed by atoms with Gasteiger partial charge in [-0.05, 0) is 42.2 Å². The lowest BCUT2D eigenvalue weighted by Gasteiger charge is -2.16. The van der Waals surface area contributed by atoms with E-state index in [4.69, 9.17) is 5.26 Å². The minimum atomic E-state index is 0.164. The summed E-state index contributed by atoms with van der Waals surface area (Å²) < 4.78 is 0. The van der Waals surface area contributed by atoms with Gasteiger partial charge in [0, 0.05) is 0 Å². The Kier molecular flexibility index (Phi) is 2.85. The van der Waals surface area contributed by atoms with Gasteiger partial charge < -0.3 is 10.4 Å². The summed E-state index contributed by atoms with van der Waals surface area (Å²) in [6.45, 7) is 0. The van der Waals surface area contributed by atoms with E-state index >= 15 is 0 Å². The molecule has 2 aromatic rings. The highest BCUT2D eigenvalue weighted by Gasteiger charge is 2.24. The molecule has 2 N–H and O–H groups in total. The molecule has 3 nitrogen and oxygen atoms in total. The molecule has 0 spiro atoms. The topological polar surface area (TPSA) is 56.0 Å². The van der Waals surface area contributed by atoms with Crippen LogP contribution in [0.1, 0.15) is 29.2 Å². The molecule has 1 unspecified atom stereocenters. The van der Waals surface area contributed by atoms with Crippen LogP contribution in [0.25, 0.3) is 0 Å². The number of nitrogens with zero attached hydrogens (tertiary/aromatic N) is 1. The molecule has 0 heterocycles. The molecular formula is C16H14N2O. The minimum Gasteiger partial charge on any atom is -0.508 e. The Balaban J connectivity index is 1.92. The molecule has 0 aliphatic heterocycles. The molecule has 0 aromatic heterocycles. The van der Waals surface area contributed by atoms with Crippen molar-refractivity contribution in [2.24, 2.45) is 0 Å². The van der Waals surface area contributed by atoms with E-state index in [1.807, 2.05) is 30.3 Å². The quantitative estimate of drug-likeness (QED) is 0.859. The van der Waals surface area contributed by atoms with Crippen molar-refractivity contribution in [2.75, 3.05) is 5.32 Å². The van der Waals surface area contributed by atoms with E-state index < -0.39 is 0 Å². The second-order valence-corrected chi connectivity index (χ2v) is 4.74. The molecule has 0 amide bonds. The van der Waals surface area contributed by atoms with E-state index in [-0.39, 0.29) is 6.04 Å². The van der Waals surface area contributed by atoms with Crippen LogP contribution in [0.3, 0.4) is 0 Å². The Morgan fingerprint density at radius 1 is 1.16 bits per heavy atom. The number of hydrogen-bond acceptors (Lipinski definition) is 3. The second kappa shape index (κ2) is 4.66. The van der Waals surface area contributed by atoms with Crippen LogP contribution in [0.2, 0.25) is 0 Å². The van der Waals surface area contributed by atoms with Crippen LogP contribution in [0.15, 0.2) is 42.5 Å². The Bertz CT molecular complexity index is 658. The van der Waals surface area contributed by atoms with Crippen molar-refractivity contribution in [3.05, 3.63) is 59.2 Å². The van der Waals surface area contributed by atoms with Gasteiger partial charge in [0.2, 0.25) is 0 Å². The summed E-state index contributed by atoms with van der Waals surface area (Å²) in [6.07, 6.45) is 1.81. The van der Waals surface area contributed by atoms with E-state index in [1.165, 1.54) is 0 Å². The lowest BCUT2D eigenvalue weighted by molar-refractivity contribution is 0.469. The first-order chi connectivity index (χ1) is 9.29. The Hall–Kier alpha value is -2.47. The summed E-state index contributed by atoms with van der Waals surface area (Å²) in [7, 11) is 0. The molecule has 1 aliphatic rings. The van der Waals surface area contributed by atoms with E-state index in [2.05, 4.69) is 11.4 Å². The van der Waals surface area contributed by atoms with E-state index in [0.717, 1.165) is 29.7 Å². The first kappa shape index (κ1) is 11.6. The van der Waals surface area contributed by atoms with Crippen LogP contribution in [-0.2, 0) is 6.42 Å². The molecule has 0 saturated carbocycles. The van der Waals surface area contributed by atoms with Gasteiger partial charge in [0.05, 0.1) is 17.3 Å². The second-order valence-electron chi connectivity index (χ2n) is 4.74. The Morgan fingerprint density at radius 2 is 2.00 bits per heavy atom. The van der Waals surface area contributed by atoms with E-state index in [9.17, 15) is 5.11 Å². The lowest BCUT2D eigenvalue weighted by Crippen LogP contribution is -2.08.